The zero-order valence-electron chi connectivity index (χ0n) is 4.46. The largest absolute Gasteiger partial charge is 0.298 e. The van der Waals surface area contributed by atoms with Crippen molar-refractivity contribution >= 4 is 9.68 Å². The molecule has 2 N–H and O–H groups in total. The number of hydrogen-bond acceptors (Lipinski definition) is 3. The molecule has 4 heteroatoms. The lowest BCUT2D eigenvalue weighted by molar-refractivity contribution is -0.232. The summed E-state index contributed by atoms with van der Waals surface area (Å²) in [5, 5.41) is 16.3. The van der Waals surface area contributed by atoms with Crippen molar-refractivity contribution in [3.63, 3.8) is 0 Å². The normalized spacial score (nSPS) is 12.0. The Labute approximate surface area is 45.4 Å². The van der Waals surface area contributed by atoms with Crippen LogP contribution < -0.4 is 0 Å². The van der Waals surface area contributed by atoms with Crippen LogP contribution in [0.3, 0.4) is 0 Å². The van der Waals surface area contributed by atoms with Crippen LogP contribution in [0, 0.1) is 0 Å². The maximum absolute atomic E-state index is 8.13. The van der Waals surface area contributed by atoms with Crippen molar-refractivity contribution in [3.05, 3.63) is 0 Å². The van der Waals surface area contributed by atoms with Gasteiger partial charge in [0.1, 0.15) is 0 Å². The summed E-state index contributed by atoms with van der Waals surface area (Å²) in [4.78, 5) is 0.351. The molecule has 7 heavy (non-hydrogen) atoms. The Kier molecular flexibility index (Phi) is 4.32. The van der Waals surface area contributed by atoms with Gasteiger partial charge in [0.25, 0.3) is 0 Å². The molecule has 0 aliphatic rings. The molecule has 0 aromatic carbocycles. The van der Waals surface area contributed by atoms with E-state index in [0.717, 1.165) is 12.5 Å². The maximum atomic E-state index is 8.13. The summed E-state index contributed by atoms with van der Waals surface area (Å²) >= 11 is 0. The summed E-state index contributed by atoms with van der Waals surface area (Å²) in [6.07, 6.45) is 1.05. The molecule has 0 bridgehead atoms. The first-order valence-corrected chi connectivity index (χ1v) is 4.06. The van der Waals surface area contributed by atoms with E-state index >= 15 is 0 Å². The van der Waals surface area contributed by atoms with Crippen LogP contribution in [0.1, 0.15) is 13.3 Å². The maximum Gasteiger partial charge on any atom is 0.166 e. The average Bonchev–Trinajstić information content (AvgIpc) is 1.61. The van der Waals surface area contributed by atoms with E-state index in [4.69, 9.17) is 10.4 Å². The molecular weight excluding hydrogens is 110 g/mol. The van der Waals surface area contributed by atoms with Gasteiger partial charge < -0.3 is 0 Å². The van der Waals surface area contributed by atoms with Crippen LogP contribution in [0.15, 0.2) is 0 Å². The van der Waals surface area contributed by atoms with Crippen molar-refractivity contribution in [2.75, 3.05) is 0 Å². The Morgan fingerprint density at radius 3 is 2.29 bits per heavy atom. The van der Waals surface area contributed by atoms with Crippen molar-refractivity contribution in [1.29, 1.82) is 0 Å². The highest BCUT2D eigenvalue weighted by atomic mass is 28.2. The minimum atomic E-state index is -0.709. The van der Waals surface area contributed by atoms with Crippen LogP contribution in [0.25, 0.3) is 0 Å². The van der Waals surface area contributed by atoms with Crippen LogP contribution in [0.5, 0.6) is 0 Å². The molecule has 0 heterocycles. The topological polar surface area (TPSA) is 43.7 Å². The van der Waals surface area contributed by atoms with Gasteiger partial charge in [-0.3, -0.25) is 10.4 Å². The predicted molar refractivity (Wildman–Crippen MR) is 29.1 cm³/mol. The van der Waals surface area contributed by atoms with Gasteiger partial charge >= 0.3 is 0 Å². The van der Waals surface area contributed by atoms with E-state index in [2.05, 4.69) is 0 Å². The monoisotopic (exact) mass is 121 g/mol. The van der Waals surface area contributed by atoms with Gasteiger partial charge in [-0.25, -0.2) is 0 Å². The zero-order chi connectivity index (χ0) is 5.70. The van der Waals surface area contributed by atoms with Crippen molar-refractivity contribution < 1.29 is 10.4 Å². The van der Waals surface area contributed by atoms with Gasteiger partial charge in [0.2, 0.25) is 0 Å². The second kappa shape index (κ2) is 4.26. The third kappa shape index (κ3) is 6.10. The Hall–Kier alpha value is 0.0969. The van der Waals surface area contributed by atoms with E-state index in [-0.39, 0.29) is 0 Å². The molecule has 44 valence electrons. The molecule has 0 amide bonds. The molecular formula is C3H11NO2Si. The summed E-state index contributed by atoms with van der Waals surface area (Å²) in [7, 11) is -0.709. The van der Waals surface area contributed by atoms with Gasteiger partial charge in [-0.15, -0.1) is 4.89 Å². The molecule has 0 aliphatic carbocycles. The Bertz CT molecular complexity index is 41.9. The standard InChI is InChI=1S/C3H11NO2Si/c1-2-3-7-4(5)6/h5-6H,2-3,7H2,1H3. The van der Waals surface area contributed by atoms with Gasteiger partial charge in [0.15, 0.2) is 9.68 Å². The summed E-state index contributed by atoms with van der Waals surface area (Å²) in [6, 6.07) is 0.965. The average molecular weight is 121 g/mol. The first-order chi connectivity index (χ1) is 3.27. The Balaban J connectivity index is 2.68. The Morgan fingerprint density at radius 1 is 1.57 bits per heavy atom. The molecule has 0 fully saturated rings. The van der Waals surface area contributed by atoms with Crippen molar-refractivity contribution in [1.82, 2.24) is 4.89 Å². The fourth-order valence-electron chi connectivity index (χ4n) is 0.300. The van der Waals surface area contributed by atoms with Crippen LogP contribution in [0.4, 0.5) is 0 Å². The van der Waals surface area contributed by atoms with E-state index in [0.29, 0.717) is 4.89 Å². The summed E-state index contributed by atoms with van der Waals surface area (Å²) in [5.41, 5.74) is 0. The fourth-order valence-corrected chi connectivity index (χ4v) is 0.899. The van der Waals surface area contributed by atoms with Crippen molar-refractivity contribution in [2.45, 2.75) is 19.4 Å². The molecule has 0 saturated heterocycles. The molecule has 3 nitrogen and oxygen atoms in total. The molecule has 0 rings (SSSR count). The smallest absolute Gasteiger partial charge is 0.166 e. The van der Waals surface area contributed by atoms with Crippen LogP contribution in [-0.2, 0) is 0 Å². The number of nitrogens with zero attached hydrogens (tertiary/aromatic N) is 1. The quantitative estimate of drug-likeness (QED) is 0.407. The zero-order valence-corrected chi connectivity index (χ0v) is 5.88. The van der Waals surface area contributed by atoms with E-state index in [1.54, 1.807) is 0 Å². The van der Waals surface area contributed by atoms with Crippen molar-refractivity contribution in [2.24, 2.45) is 0 Å². The highest BCUT2D eigenvalue weighted by Crippen LogP contribution is 1.84. The third-order valence-electron chi connectivity index (χ3n) is 0.712. The second-order valence-corrected chi connectivity index (χ2v) is 3.17. The van der Waals surface area contributed by atoms with E-state index < -0.39 is 9.68 Å². The summed E-state index contributed by atoms with van der Waals surface area (Å²) in [5.74, 6) is 0. The SMILES string of the molecule is CCC[SiH2]N(O)O. The van der Waals surface area contributed by atoms with E-state index in [1.807, 2.05) is 6.92 Å². The van der Waals surface area contributed by atoms with Gasteiger partial charge in [-0.2, -0.15) is 0 Å². The van der Waals surface area contributed by atoms with Gasteiger partial charge in [0, 0.05) is 0 Å². The van der Waals surface area contributed by atoms with Crippen LogP contribution >= 0.6 is 0 Å². The molecule has 0 saturated carbocycles. The molecule has 0 atom stereocenters. The molecule has 0 radical (unpaired) electrons. The molecule has 0 spiro atoms. The van der Waals surface area contributed by atoms with Gasteiger partial charge in [-0.05, 0) is 6.04 Å². The highest BCUT2D eigenvalue weighted by Gasteiger charge is 1.89. The first kappa shape index (κ1) is 7.10. The lowest BCUT2D eigenvalue weighted by Crippen LogP contribution is -2.17. The highest BCUT2D eigenvalue weighted by molar-refractivity contribution is 6.30. The van der Waals surface area contributed by atoms with Gasteiger partial charge in [0.05, 0.1) is 0 Å². The Morgan fingerprint density at radius 2 is 2.14 bits per heavy atom. The molecule has 0 aromatic rings. The second-order valence-electron chi connectivity index (χ2n) is 1.45. The minimum absolute atomic E-state index is 0.351. The third-order valence-corrected chi connectivity index (χ3v) is 2.14. The lowest BCUT2D eigenvalue weighted by atomic mass is 10.6. The molecule has 0 aromatic heterocycles. The minimum Gasteiger partial charge on any atom is -0.298 e. The molecule has 0 unspecified atom stereocenters. The number of hydrogen-bond donors (Lipinski definition) is 2. The number of rotatable bonds is 3. The summed E-state index contributed by atoms with van der Waals surface area (Å²) < 4.78 is 0. The predicted octanol–water partition coefficient (Wildman–Crippen LogP) is -0.0211. The molecule has 0 aliphatic heterocycles. The van der Waals surface area contributed by atoms with Crippen molar-refractivity contribution in [3.8, 4) is 0 Å². The van der Waals surface area contributed by atoms with E-state index in [1.165, 1.54) is 0 Å². The van der Waals surface area contributed by atoms with Crippen LogP contribution in [0.2, 0.25) is 6.04 Å². The van der Waals surface area contributed by atoms with E-state index in [9.17, 15) is 0 Å². The fraction of sp³-hybridized carbons (Fsp3) is 1.00. The van der Waals surface area contributed by atoms with Gasteiger partial charge in [-0.1, -0.05) is 13.3 Å². The summed E-state index contributed by atoms with van der Waals surface area (Å²) in [6.45, 7) is 2.02. The lowest BCUT2D eigenvalue weighted by Gasteiger charge is -2.01. The van der Waals surface area contributed by atoms with Crippen LogP contribution in [-0.4, -0.2) is 25.0 Å². The first-order valence-electron chi connectivity index (χ1n) is 2.42.